The van der Waals surface area contributed by atoms with Crippen molar-refractivity contribution >= 4 is 18.0 Å². The zero-order valence-electron chi connectivity index (χ0n) is 19.0. The minimum Gasteiger partial charge on any atom is -0.480 e. The molecule has 1 aliphatic rings. The quantitative estimate of drug-likeness (QED) is 0.388. The SMILES string of the molecule is O=C(O)COCCNC(=O)[C@H](NC(=O)OCC1c2ccccc2-c2ccccc21)c1ccccc1. The van der Waals surface area contributed by atoms with Gasteiger partial charge in [0.25, 0.3) is 0 Å². The Morgan fingerprint density at radius 1 is 0.857 bits per heavy atom. The average molecular weight is 475 g/mol. The molecule has 0 saturated heterocycles. The second-order valence-corrected chi connectivity index (χ2v) is 8.05. The first kappa shape index (κ1) is 24.0. The summed E-state index contributed by atoms with van der Waals surface area (Å²) in [5.74, 6) is -1.64. The van der Waals surface area contributed by atoms with Gasteiger partial charge in [-0.3, -0.25) is 4.79 Å². The second kappa shape index (κ2) is 11.3. The van der Waals surface area contributed by atoms with Gasteiger partial charge >= 0.3 is 12.1 Å². The molecular weight excluding hydrogens is 448 g/mol. The van der Waals surface area contributed by atoms with Gasteiger partial charge in [-0.1, -0.05) is 78.9 Å². The number of aliphatic carboxylic acids is 1. The Morgan fingerprint density at radius 3 is 2.09 bits per heavy atom. The number of carbonyl (C=O) groups is 3. The minimum atomic E-state index is -1.09. The first-order valence-corrected chi connectivity index (χ1v) is 11.3. The number of fused-ring (bicyclic) bond motifs is 3. The molecule has 0 saturated carbocycles. The van der Waals surface area contributed by atoms with Crippen molar-refractivity contribution in [2.45, 2.75) is 12.0 Å². The highest BCUT2D eigenvalue weighted by Gasteiger charge is 2.30. The van der Waals surface area contributed by atoms with E-state index in [0.29, 0.717) is 5.56 Å². The van der Waals surface area contributed by atoms with E-state index in [1.54, 1.807) is 24.3 Å². The molecule has 0 bridgehead atoms. The molecule has 35 heavy (non-hydrogen) atoms. The molecule has 3 aromatic rings. The summed E-state index contributed by atoms with van der Waals surface area (Å²) in [6.07, 6.45) is -0.710. The van der Waals surface area contributed by atoms with Gasteiger partial charge in [-0.2, -0.15) is 0 Å². The highest BCUT2D eigenvalue weighted by Crippen LogP contribution is 2.44. The second-order valence-electron chi connectivity index (χ2n) is 8.05. The third kappa shape index (κ3) is 5.85. The summed E-state index contributed by atoms with van der Waals surface area (Å²) in [7, 11) is 0. The van der Waals surface area contributed by atoms with Crippen molar-refractivity contribution in [1.29, 1.82) is 0 Å². The fraction of sp³-hybridized carbons (Fsp3) is 0.222. The van der Waals surface area contributed by atoms with Crippen LogP contribution in [0.15, 0.2) is 78.9 Å². The summed E-state index contributed by atoms with van der Waals surface area (Å²) in [6, 6.07) is 23.9. The van der Waals surface area contributed by atoms with E-state index in [-0.39, 0.29) is 25.7 Å². The molecule has 0 fully saturated rings. The molecule has 3 aromatic carbocycles. The molecule has 1 aliphatic carbocycles. The molecule has 1 atom stereocenters. The van der Waals surface area contributed by atoms with Crippen LogP contribution in [0.1, 0.15) is 28.7 Å². The fourth-order valence-corrected chi connectivity index (χ4v) is 4.21. The number of amides is 2. The maximum atomic E-state index is 12.8. The van der Waals surface area contributed by atoms with E-state index >= 15 is 0 Å². The largest absolute Gasteiger partial charge is 0.480 e. The number of carbonyl (C=O) groups excluding carboxylic acids is 2. The number of hydrogen-bond donors (Lipinski definition) is 3. The van der Waals surface area contributed by atoms with Crippen LogP contribution in [0, 0.1) is 0 Å². The van der Waals surface area contributed by atoms with Crippen molar-refractivity contribution in [3.05, 3.63) is 95.6 Å². The van der Waals surface area contributed by atoms with Crippen molar-refractivity contribution in [3.63, 3.8) is 0 Å². The average Bonchev–Trinajstić information content (AvgIpc) is 3.19. The van der Waals surface area contributed by atoms with Gasteiger partial charge < -0.3 is 25.2 Å². The van der Waals surface area contributed by atoms with E-state index < -0.39 is 30.6 Å². The van der Waals surface area contributed by atoms with Crippen LogP contribution in [0.5, 0.6) is 0 Å². The molecule has 8 heteroatoms. The summed E-state index contributed by atoms with van der Waals surface area (Å²) >= 11 is 0. The maximum absolute atomic E-state index is 12.8. The molecule has 0 heterocycles. The first-order valence-electron chi connectivity index (χ1n) is 11.3. The Kier molecular flexibility index (Phi) is 7.74. The zero-order valence-corrected chi connectivity index (χ0v) is 19.0. The number of rotatable bonds is 10. The number of carboxylic acid groups (broad SMARTS) is 1. The molecule has 4 rings (SSSR count). The number of benzene rings is 3. The Labute approximate surface area is 202 Å². The smallest absolute Gasteiger partial charge is 0.408 e. The van der Waals surface area contributed by atoms with E-state index in [9.17, 15) is 14.4 Å². The fourth-order valence-electron chi connectivity index (χ4n) is 4.21. The van der Waals surface area contributed by atoms with Crippen molar-refractivity contribution < 1.29 is 29.0 Å². The lowest BCUT2D eigenvalue weighted by atomic mass is 9.98. The lowest BCUT2D eigenvalue weighted by Gasteiger charge is -2.20. The van der Waals surface area contributed by atoms with Gasteiger partial charge in [-0.15, -0.1) is 0 Å². The third-order valence-corrected chi connectivity index (χ3v) is 5.77. The number of nitrogens with one attached hydrogen (secondary N) is 2. The molecule has 3 N–H and O–H groups in total. The minimum absolute atomic E-state index is 0.0322. The lowest BCUT2D eigenvalue weighted by Crippen LogP contribution is -2.42. The number of carboxylic acids is 1. The predicted molar refractivity (Wildman–Crippen MR) is 129 cm³/mol. The van der Waals surface area contributed by atoms with Gasteiger partial charge in [0.1, 0.15) is 19.3 Å². The van der Waals surface area contributed by atoms with Gasteiger partial charge in [-0.05, 0) is 27.8 Å². The number of ether oxygens (including phenoxy) is 2. The van der Waals surface area contributed by atoms with E-state index in [4.69, 9.17) is 14.6 Å². The summed E-state index contributed by atoms with van der Waals surface area (Å²) in [5.41, 5.74) is 5.04. The van der Waals surface area contributed by atoms with Crippen LogP contribution >= 0.6 is 0 Å². The molecule has 0 aromatic heterocycles. The van der Waals surface area contributed by atoms with Crippen LogP contribution < -0.4 is 10.6 Å². The summed E-state index contributed by atoms with van der Waals surface area (Å²) in [5, 5.41) is 13.9. The van der Waals surface area contributed by atoms with Crippen molar-refractivity contribution in [2.75, 3.05) is 26.4 Å². The lowest BCUT2D eigenvalue weighted by molar-refractivity contribution is -0.142. The summed E-state index contributed by atoms with van der Waals surface area (Å²) in [6.45, 7) is -0.186. The Hall–Kier alpha value is -4.17. The summed E-state index contributed by atoms with van der Waals surface area (Å²) in [4.78, 5) is 36.1. The van der Waals surface area contributed by atoms with E-state index in [1.165, 1.54) is 0 Å². The molecule has 180 valence electrons. The van der Waals surface area contributed by atoms with Crippen molar-refractivity contribution in [2.24, 2.45) is 0 Å². The van der Waals surface area contributed by atoms with Crippen LogP contribution in [-0.4, -0.2) is 49.4 Å². The van der Waals surface area contributed by atoms with E-state index in [2.05, 4.69) is 22.8 Å². The van der Waals surface area contributed by atoms with E-state index in [0.717, 1.165) is 22.3 Å². The van der Waals surface area contributed by atoms with Crippen LogP contribution in [0.25, 0.3) is 11.1 Å². The van der Waals surface area contributed by atoms with Crippen molar-refractivity contribution in [3.8, 4) is 11.1 Å². The number of hydrogen-bond acceptors (Lipinski definition) is 5. The molecule has 2 amide bonds. The normalized spacial score (nSPS) is 12.8. The Bertz CT molecular complexity index is 1150. The number of alkyl carbamates (subject to hydrolysis) is 1. The third-order valence-electron chi connectivity index (χ3n) is 5.77. The van der Waals surface area contributed by atoms with Gasteiger partial charge in [0.15, 0.2) is 0 Å². The van der Waals surface area contributed by atoms with Crippen molar-refractivity contribution in [1.82, 2.24) is 10.6 Å². The monoisotopic (exact) mass is 474 g/mol. The van der Waals surface area contributed by atoms with Crippen LogP contribution in [0.4, 0.5) is 4.79 Å². The van der Waals surface area contributed by atoms with Gasteiger partial charge in [0.2, 0.25) is 5.91 Å². The summed E-state index contributed by atoms with van der Waals surface area (Å²) < 4.78 is 10.5. The zero-order chi connectivity index (χ0) is 24.6. The predicted octanol–water partition coefficient (Wildman–Crippen LogP) is 3.48. The first-order chi connectivity index (χ1) is 17.0. The van der Waals surface area contributed by atoms with Gasteiger partial charge in [0.05, 0.1) is 6.61 Å². The highest BCUT2D eigenvalue weighted by molar-refractivity contribution is 5.87. The standard InChI is InChI=1S/C27H26N2O6/c30-24(31)17-34-15-14-28-26(32)25(18-8-2-1-3-9-18)29-27(33)35-16-23-21-12-6-4-10-19(21)20-11-5-7-13-22(20)23/h1-13,23,25H,14-17H2,(H,28,32)(H,29,33)(H,30,31)/t25-/m1/s1. The van der Waals surface area contributed by atoms with Crippen LogP contribution in [0.3, 0.4) is 0 Å². The molecule has 8 nitrogen and oxygen atoms in total. The van der Waals surface area contributed by atoms with E-state index in [1.807, 2.05) is 42.5 Å². The molecule has 0 unspecified atom stereocenters. The van der Waals surface area contributed by atoms with Crippen LogP contribution in [-0.2, 0) is 19.1 Å². The molecule has 0 spiro atoms. The van der Waals surface area contributed by atoms with Gasteiger partial charge in [-0.25, -0.2) is 9.59 Å². The highest BCUT2D eigenvalue weighted by atomic mass is 16.5. The van der Waals surface area contributed by atoms with Gasteiger partial charge in [0, 0.05) is 12.5 Å². The molecule has 0 radical (unpaired) electrons. The Morgan fingerprint density at radius 2 is 1.46 bits per heavy atom. The maximum Gasteiger partial charge on any atom is 0.408 e. The topological polar surface area (TPSA) is 114 Å². The molecule has 0 aliphatic heterocycles. The molecular formula is C27H26N2O6. The Balaban J connectivity index is 1.39. The van der Waals surface area contributed by atoms with Crippen LogP contribution in [0.2, 0.25) is 0 Å².